The molecule has 0 fully saturated rings. The van der Waals surface area contributed by atoms with Crippen LogP contribution in [0.2, 0.25) is 5.02 Å². The largest absolute Gasteiger partial charge is 0.352 e. The van der Waals surface area contributed by atoms with Gasteiger partial charge in [0.2, 0.25) is 11.8 Å². The third kappa shape index (κ3) is 6.19. The number of halogens is 1. The summed E-state index contributed by atoms with van der Waals surface area (Å²) in [5, 5.41) is 8.09. The first-order valence-electron chi connectivity index (χ1n) is 9.76. The molecule has 0 aliphatic rings. The van der Waals surface area contributed by atoms with Crippen molar-refractivity contribution < 1.29 is 9.59 Å². The van der Waals surface area contributed by atoms with Crippen LogP contribution in [0.3, 0.4) is 0 Å². The van der Waals surface area contributed by atoms with E-state index in [0.29, 0.717) is 18.1 Å². The van der Waals surface area contributed by atoms with Crippen LogP contribution in [0.15, 0.2) is 30.3 Å². The molecule has 2 rings (SSSR count). The van der Waals surface area contributed by atoms with Crippen molar-refractivity contribution in [1.29, 1.82) is 0 Å². The monoisotopic (exact) mass is 416 g/mol. The molecule has 0 spiro atoms. The van der Waals surface area contributed by atoms with Crippen molar-refractivity contribution in [2.45, 2.75) is 47.2 Å². The SMILES string of the molecule is CCN(CC(=O)NC(C)C)C(=O)/C=C/c1c(C)nn(Cc2ccccc2Cl)c1C. The van der Waals surface area contributed by atoms with Crippen LogP contribution in [0.5, 0.6) is 0 Å². The van der Waals surface area contributed by atoms with Gasteiger partial charge in [0.15, 0.2) is 0 Å². The second-order valence-electron chi connectivity index (χ2n) is 7.24. The molecule has 1 aromatic heterocycles. The summed E-state index contributed by atoms with van der Waals surface area (Å²) in [6.07, 6.45) is 3.27. The van der Waals surface area contributed by atoms with Crippen molar-refractivity contribution in [3.63, 3.8) is 0 Å². The van der Waals surface area contributed by atoms with Crippen molar-refractivity contribution in [3.8, 4) is 0 Å². The van der Waals surface area contributed by atoms with E-state index >= 15 is 0 Å². The first-order chi connectivity index (χ1) is 13.7. The number of carbonyl (C=O) groups excluding carboxylic acids is 2. The zero-order valence-electron chi connectivity index (χ0n) is 17.7. The second-order valence-corrected chi connectivity index (χ2v) is 7.65. The van der Waals surface area contributed by atoms with Crippen LogP contribution in [-0.2, 0) is 16.1 Å². The van der Waals surface area contributed by atoms with Gasteiger partial charge in [0, 0.05) is 34.9 Å². The van der Waals surface area contributed by atoms with Crippen molar-refractivity contribution in [1.82, 2.24) is 20.0 Å². The Balaban J connectivity index is 2.13. The molecule has 0 aliphatic heterocycles. The van der Waals surface area contributed by atoms with Gasteiger partial charge in [-0.05, 0) is 52.3 Å². The van der Waals surface area contributed by atoms with E-state index in [2.05, 4.69) is 10.4 Å². The molecular weight excluding hydrogens is 388 g/mol. The van der Waals surface area contributed by atoms with Gasteiger partial charge in [-0.2, -0.15) is 5.10 Å². The van der Waals surface area contributed by atoms with E-state index in [1.165, 1.54) is 11.0 Å². The van der Waals surface area contributed by atoms with Crippen molar-refractivity contribution in [3.05, 3.63) is 57.9 Å². The topological polar surface area (TPSA) is 67.2 Å². The average Bonchev–Trinajstić information content (AvgIpc) is 2.92. The van der Waals surface area contributed by atoms with Gasteiger partial charge < -0.3 is 10.2 Å². The summed E-state index contributed by atoms with van der Waals surface area (Å²) >= 11 is 6.26. The van der Waals surface area contributed by atoms with Gasteiger partial charge in [-0.3, -0.25) is 14.3 Å². The lowest BCUT2D eigenvalue weighted by Gasteiger charge is -2.19. The van der Waals surface area contributed by atoms with Gasteiger partial charge in [-0.1, -0.05) is 29.8 Å². The average molecular weight is 417 g/mol. The smallest absolute Gasteiger partial charge is 0.247 e. The summed E-state index contributed by atoms with van der Waals surface area (Å²) in [6.45, 7) is 10.6. The number of hydrogen-bond donors (Lipinski definition) is 1. The minimum atomic E-state index is -0.205. The Morgan fingerprint density at radius 3 is 2.59 bits per heavy atom. The zero-order chi connectivity index (χ0) is 21.6. The molecule has 0 atom stereocenters. The second kappa shape index (κ2) is 10.3. The maximum atomic E-state index is 12.5. The van der Waals surface area contributed by atoms with Crippen LogP contribution < -0.4 is 5.32 Å². The number of aryl methyl sites for hydroxylation is 1. The van der Waals surface area contributed by atoms with Gasteiger partial charge in [-0.25, -0.2) is 0 Å². The first kappa shape index (κ1) is 22.7. The Morgan fingerprint density at radius 1 is 1.28 bits per heavy atom. The van der Waals surface area contributed by atoms with E-state index in [4.69, 9.17) is 11.6 Å². The maximum absolute atomic E-state index is 12.5. The molecule has 156 valence electrons. The van der Waals surface area contributed by atoms with Crippen molar-refractivity contribution in [2.75, 3.05) is 13.1 Å². The maximum Gasteiger partial charge on any atom is 0.247 e. The standard InChI is InChI=1S/C22H29ClN4O2/c1-6-26(14-21(28)24-15(2)3)22(29)12-11-19-16(4)25-27(17(19)5)13-18-9-7-8-10-20(18)23/h7-12,15H,6,13-14H2,1-5H3,(H,24,28)/b12-11+. The lowest BCUT2D eigenvalue weighted by atomic mass is 10.1. The number of aromatic nitrogens is 2. The molecule has 0 radical (unpaired) electrons. The van der Waals surface area contributed by atoms with E-state index in [9.17, 15) is 9.59 Å². The molecule has 2 aromatic rings. The van der Waals surface area contributed by atoms with Crippen LogP contribution >= 0.6 is 11.6 Å². The number of amides is 2. The highest BCUT2D eigenvalue weighted by Gasteiger charge is 2.15. The highest BCUT2D eigenvalue weighted by atomic mass is 35.5. The van der Waals surface area contributed by atoms with Gasteiger partial charge >= 0.3 is 0 Å². The predicted octanol–water partition coefficient (Wildman–Crippen LogP) is 3.59. The molecule has 1 N–H and O–H groups in total. The molecule has 2 amide bonds. The molecule has 7 heteroatoms. The van der Waals surface area contributed by atoms with E-state index in [0.717, 1.165) is 22.5 Å². The molecule has 29 heavy (non-hydrogen) atoms. The highest BCUT2D eigenvalue weighted by Crippen LogP contribution is 2.20. The third-order valence-electron chi connectivity index (χ3n) is 4.59. The molecule has 6 nitrogen and oxygen atoms in total. The van der Waals surface area contributed by atoms with Crippen LogP contribution in [0.4, 0.5) is 0 Å². The van der Waals surface area contributed by atoms with E-state index in [-0.39, 0.29) is 24.4 Å². The highest BCUT2D eigenvalue weighted by molar-refractivity contribution is 6.31. The van der Waals surface area contributed by atoms with Gasteiger partial charge in [-0.15, -0.1) is 0 Å². The Hall–Kier alpha value is -2.60. The summed E-state index contributed by atoms with van der Waals surface area (Å²) in [7, 11) is 0. The van der Waals surface area contributed by atoms with Crippen LogP contribution in [0.1, 0.15) is 43.3 Å². The fraction of sp³-hybridized carbons (Fsp3) is 0.409. The molecular formula is C22H29ClN4O2. The molecule has 0 aliphatic carbocycles. The molecule has 1 heterocycles. The molecule has 0 saturated carbocycles. The molecule has 0 saturated heterocycles. The minimum absolute atomic E-state index is 0.0427. The number of hydrogen-bond acceptors (Lipinski definition) is 3. The number of nitrogens with one attached hydrogen (secondary N) is 1. The number of carbonyl (C=O) groups is 2. The van der Waals surface area contributed by atoms with Gasteiger partial charge in [0.25, 0.3) is 0 Å². The summed E-state index contributed by atoms with van der Waals surface area (Å²) < 4.78 is 1.88. The molecule has 0 unspecified atom stereocenters. The van der Waals surface area contributed by atoms with E-state index in [1.54, 1.807) is 6.08 Å². The Bertz CT molecular complexity index is 902. The Kier molecular flexibility index (Phi) is 8.02. The normalized spacial score (nSPS) is 11.3. The minimum Gasteiger partial charge on any atom is -0.352 e. The molecule has 0 bridgehead atoms. The fourth-order valence-electron chi connectivity index (χ4n) is 3.04. The zero-order valence-corrected chi connectivity index (χ0v) is 18.5. The van der Waals surface area contributed by atoms with Crippen LogP contribution in [0.25, 0.3) is 6.08 Å². The van der Waals surface area contributed by atoms with E-state index < -0.39 is 0 Å². The summed E-state index contributed by atoms with van der Waals surface area (Å²) in [5.74, 6) is -0.368. The Labute approximate surface area is 177 Å². The lowest BCUT2D eigenvalue weighted by molar-refractivity contribution is -0.132. The van der Waals surface area contributed by atoms with Gasteiger partial charge in [0.1, 0.15) is 0 Å². The number of likely N-dealkylation sites (N-methyl/N-ethyl adjacent to an activating group) is 1. The van der Waals surface area contributed by atoms with Crippen LogP contribution in [-0.4, -0.2) is 45.6 Å². The summed E-state index contributed by atoms with van der Waals surface area (Å²) in [4.78, 5) is 26.0. The lowest BCUT2D eigenvalue weighted by Crippen LogP contribution is -2.42. The van der Waals surface area contributed by atoms with Crippen molar-refractivity contribution in [2.24, 2.45) is 0 Å². The first-order valence-corrected chi connectivity index (χ1v) is 10.1. The number of rotatable bonds is 8. The molecule has 1 aromatic carbocycles. The van der Waals surface area contributed by atoms with Crippen LogP contribution in [0, 0.1) is 13.8 Å². The third-order valence-corrected chi connectivity index (χ3v) is 4.95. The van der Waals surface area contributed by atoms with Crippen molar-refractivity contribution >= 4 is 29.5 Å². The Morgan fingerprint density at radius 2 is 1.97 bits per heavy atom. The quantitative estimate of drug-likeness (QED) is 0.668. The number of nitrogens with zero attached hydrogens (tertiary/aromatic N) is 3. The summed E-state index contributed by atoms with van der Waals surface area (Å²) in [6, 6.07) is 7.71. The van der Waals surface area contributed by atoms with E-state index in [1.807, 2.05) is 63.6 Å². The number of benzene rings is 1. The van der Waals surface area contributed by atoms with Gasteiger partial charge in [0.05, 0.1) is 18.8 Å². The predicted molar refractivity (Wildman–Crippen MR) is 117 cm³/mol. The summed E-state index contributed by atoms with van der Waals surface area (Å²) in [5.41, 5.74) is 3.67. The fourth-order valence-corrected chi connectivity index (χ4v) is 3.24.